The molecule has 1 amide bonds. The Morgan fingerprint density at radius 1 is 1.00 bits per heavy atom. The van der Waals surface area contributed by atoms with Crippen LogP contribution in [0.3, 0.4) is 0 Å². The van der Waals surface area contributed by atoms with Crippen LogP contribution in [0.25, 0.3) is 11.1 Å². The number of carboxylic acid groups (broad SMARTS) is 1. The van der Waals surface area contributed by atoms with Crippen LogP contribution >= 0.6 is 0 Å². The lowest BCUT2D eigenvalue weighted by molar-refractivity contribution is -0.139. The van der Waals surface area contributed by atoms with Crippen molar-refractivity contribution in [2.45, 2.75) is 18.4 Å². The van der Waals surface area contributed by atoms with Crippen LogP contribution in [0.2, 0.25) is 0 Å². The van der Waals surface area contributed by atoms with Crippen LogP contribution in [-0.4, -0.2) is 56.1 Å². The van der Waals surface area contributed by atoms with E-state index in [1.165, 1.54) is 6.07 Å². The number of aliphatic carboxylic acids is 1. The summed E-state index contributed by atoms with van der Waals surface area (Å²) in [5.41, 5.74) is 5.19. The van der Waals surface area contributed by atoms with Gasteiger partial charge in [-0.25, -0.2) is 14.0 Å². The number of fused-ring (bicyclic) bond motifs is 3. The monoisotopic (exact) mass is 490 g/mol. The van der Waals surface area contributed by atoms with Gasteiger partial charge in [0.1, 0.15) is 18.5 Å². The maximum absolute atomic E-state index is 14.7. The van der Waals surface area contributed by atoms with E-state index in [4.69, 9.17) is 9.47 Å². The second-order valence-corrected chi connectivity index (χ2v) is 8.91. The van der Waals surface area contributed by atoms with Crippen molar-refractivity contribution in [1.82, 2.24) is 5.32 Å². The van der Waals surface area contributed by atoms with Crippen molar-refractivity contribution >= 4 is 17.7 Å². The molecule has 186 valence electrons. The van der Waals surface area contributed by atoms with E-state index < -0.39 is 23.9 Å². The van der Waals surface area contributed by atoms with Crippen molar-refractivity contribution in [1.29, 1.82) is 0 Å². The number of para-hydroxylation sites is 1. The molecule has 1 aliphatic heterocycles. The van der Waals surface area contributed by atoms with E-state index in [0.717, 1.165) is 22.3 Å². The number of carbonyl (C=O) groups is 2. The standard InChI is InChI=1S/C28H27FN2O5/c29-24-11-5-6-18(26(24)31-12-14-35-15-13-31)16-25(27(32)33)30-28(34)36-17-23-21-9-3-1-7-19(21)20-8-2-4-10-22(20)23/h1-11,23,25H,12-17H2,(H,30,34)(H,32,33). The predicted molar refractivity (Wildman–Crippen MR) is 133 cm³/mol. The first-order chi connectivity index (χ1) is 17.5. The van der Waals surface area contributed by atoms with E-state index in [9.17, 15) is 19.1 Å². The van der Waals surface area contributed by atoms with E-state index in [1.54, 1.807) is 12.1 Å². The van der Waals surface area contributed by atoms with Crippen LogP contribution in [-0.2, 0) is 20.7 Å². The molecule has 1 heterocycles. The van der Waals surface area contributed by atoms with Crippen molar-refractivity contribution in [3.63, 3.8) is 0 Å². The van der Waals surface area contributed by atoms with Gasteiger partial charge in [-0.3, -0.25) is 0 Å². The predicted octanol–water partition coefficient (Wildman–Crippen LogP) is 4.20. The molecule has 36 heavy (non-hydrogen) atoms. The quantitative estimate of drug-likeness (QED) is 0.516. The van der Waals surface area contributed by atoms with Gasteiger partial charge in [0.2, 0.25) is 0 Å². The fourth-order valence-electron chi connectivity index (χ4n) is 5.07. The summed E-state index contributed by atoms with van der Waals surface area (Å²) in [4.78, 5) is 26.5. The summed E-state index contributed by atoms with van der Waals surface area (Å²) in [6, 6.07) is 19.2. The second kappa shape index (κ2) is 10.4. The molecule has 7 nitrogen and oxygen atoms in total. The fourth-order valence-corrected chi connectivity index (χ4v) is 5.07. The summed E-state index contributed by atoms with van der Waals surface area (Å²) < 4.78 is 25.6. The van der Waals surface area contributed by atoms with Crippen LogP contribution < -0.4 is 10.2 Å². The largest absolute Gasteiger partial charge is 0.480 e. The molecule has 0 radical (unpaired) electrons. The number of hydrogen-bond acceptors (Lipinski definition) is 5. The zero-order valence-corrected chi connectivity index (χ0v) is 19.7. The molecule has 0 spiro atoms. The van der Waals surface area contributed by atoms with Crippen LogP contribution in [0.15, 0.2) is 66.7 Å². The number of alkyl carbamates (subject to hydrolysis) is 1. The Labute approximate surface area is 208 Å². The van der Waals surface area contributed by atoms with Gasteiger partial charge in [-0.15, -0.1) is 0 Å². The average molecular weight is 491 g/mol. The van der Waals surface area contributed by atoms with Gasteiger partial charge in [0.15, 0.2) is 0 Å². The number of rotatable bonds is 7. The molecule has 8 heteroatoms. The van der Waals surface area contributed by atoms with Crippen LogP contribution in [0.5, 0.6) is 0 Å². The van der Waals surface area contributed by atoms with Crippen molar-refractivity contribution in [3.8, 4) is 11.1 Å². The van der Waals surface area contributed by atoms with E-state index in [0.29, 0.717) is 37.6 Å². The number of nitrogens with one attached hydrogen (secondary N) is 1. The van der Waals surface area contributed by atoms with E-state index in [2.05, 4.69) is 5.32 Å². The van der Waals surface area contributed by atoms with Crippen LogP contribution in [0.4, 0.5) is 14.9 Å². The number of nitrogens with zero attached hydrogens (tertiary/aromatic N) is 1. The number of anilines is 1. The van der Waals surface area contributed by atoms with Gasteiger partial charge in [0, 0.05) is 25.4 Å². The number of carbonyl (C=O) groups excluding carboxylic acids is 1. The maximum Gasteiger partial charge on any atom is 0.407 e. The Kier molecular flexibility index (Phi) is 6.86. The average Bonchev–Trinajstić information content (AvgIpc) is 3.21. The van der Waals surface area contributed by atoms with Gasteiger partial charge in [-0.2, -0.15) is 0 Å². The van der Waals surface area contributed by atoms with Gasteiger partial charge in [0.25, 0.3) is 0 Å². The van der Waals surface area contributed by atoms with Crippen LogP contribution in [0, 0.1) is 5.82 Å². The van der Waals surface area contributed by atoms with Gasteiger partial charge in [-0.1, -0.05) is 60.7 Å². The van der Waals surface area contributed by atoms with Crippen LogP contribution in [0.1, 0.15) is 22.6 Å². The van der Waals surface area contributed by atoms with Crippen molar-refractivity contribution in [2.75, 3.05) is 37.8 Å². The summed E-state index contributed by atoms with van der Waals surface area (Å²) in [5.74, 6) is -1.79. The minimum absolute atomic E-state index is 0.0746. The molecular formula is C28H27FN2O5. The summed E-state index contributed by atoms with van der Waals surface area (Å²) in [5, 5.41) is 12.3. The lowest BCUT2D eigenvalue weighted by Crippen LogP contribution is -2.43. The summed E-state index contributed by atoms with van der Waals surface area (Å²) in [6.07, 6.45) is -0.905. The third-order valence-electron chi connectivity index (χ3n) is 6.76. The minimum Gasteiger partial charge on any atom is -0.480 e. The summed E-state index contributed by atoms with van der Waals surface area (Å²) in [7, 11) is 0. The van der Waals surface area contributed by atoms with Gasteiger partial charge in [0.05, 0.1) is 18.9 Å². The molecule has 1 aliphatic carbocycles. The molecule has 1 atom stereocenters. The zero-order chi connectivity index (χ0) is 25.1. The number of hydrogen-bond donors (Lipinski definition) is 2. The van der Waals surface area contributed by atoms with Gasteiger partial charge < -0.3 is 24.8 Å². The molecule has 3 aromatic carbocycles. The number of carboxylic acids is 1. The highest BCUT2D eigenvalue weighted by molar-refractivity contribution is 5.81. The van der Waals surface area contributed by atoms with Gasteiger partial charge >= 0.3 is 12.1 Å². The molecule has 5 rings (SSSR count). The Morgan fingerprint density at radius 2 is 1.64 bits per heavy atom. The number of morpholine rings is 1. The highest BCUT2D eigenvalue weighted by atomic mass is 19.1. The smallest absolute Gasteiger partial charge is 0.407 e. The molecule has 1 unspecified atom stereocenters. The highest BCUT2D eigenvalue weighted by Crippen LogP contribution is 2.44. The van der Waals surface area contributed by atoms with E-state index >= 15 is 0 Å². The fraction of sp³-hybridized carbons (Fsp3) is 0.286. The van der Waals surface area contributed by atoms with E-state index in [1.807, 2.05) is 53.4 Å². The molecule has 0 saturated carbocycles. The third-order valence-corrected chi connectivity index (χ3v) is 6.76. The number of amides is 1. The number of ether oxygens (including phenoxy) is 2. The number of halogens is 1. The maximum atomic E-state index is 14.7. The Bertz CT molecular complexity index is 1230. The Balaban J connectivity index is 1.28. The minimum atomic E-state index is -1.28. The van der Waals surface area contributed by atoms with Crippen molar-refractivity contribution < 1.29 is 28.6 Å². The van der Waals surface area contributed by atoms with Gasteiger partial charge in [-0.05, 0) is 33.9 Å². The van der Waals surface area contributed by atoms with Crippen molar-refractivity contribution in [2.24, 2.45) is 0 Å². The molecule has 2 N–H and O–H groups in total. The molecule has 1 fully saturated rings. The summed E-state index contributed by atoms with van der Waals surface area (Å²) >= 11 is 0. The Morgan fingerprint density at radius 3 is 2.28 bits per heavy atom. The first-order valence-corrected chi connectivity index (χ1v) is 12.0. The Hall–Kier alpha value is -3.91. The van der Waals surface area contributed by atoms with E-state index in [-0.39, 0.29) is 18.9 Å². The number of benzene rings is 3. The summed E-state index contributed by atoms with van der Waals surface area (Å²) in [6.45, 7) is 2.02. The molecular weight excluding hydrogens is 463 g/mol. The first-order valence-electron chi connectivity index (χ1n) is 12.0. The van der Waals surface area contributed by atoms with Crippen molar-refractivity contribution in [3.05, 3.63) is 89.2 Å². The molecule has 3 aromatic rings. The first kappa shape index (κ1) is 23.8. The lowest BCUT2D eigenvalue weighted by Gasteiger charge is -2.31. The molecule has 2 aliphatic rings. The molecule has 0 bridgehead atoms. The second-order valence-electron chi connectivity index (χ2n) is 8.91. The molecule has 0 aromatic heterocycles. The zero-order valence-electron chi connectivity index (χ0n) is 19.7. The normalized spacial score (nSPS) is 15.6. The topological polar surface area (TPSA) is 88.1 Å². The SMILES string of the molecule is O=C(NC(Cc1cccc(F)c1N1CCOCC1)C(=O)O)OCC1c2ccccc2-c2ccccc21. The highest BCUT2D eigenvalue weighted by Gasteiger charge is 2.30. The third kappa shape index (κ3) is 4.77. The lowest BCUT2D eigenvalue weighted by atomic mass is 9.98. The molecule has 1 saturated heterocycles.